The van der Waals surface area contributed by atoms with Gasteiger partial charge in [-0.25, -0.2) is 4.79 Å². The highest BCUT2D eigenvalue weighted by atomic mass is 16.4. The molecule has 0 radical (unpaired) electrons. The molecule has 1 amide bonds. The maximum atomic E-state index is 12.5. The number of carboxylic acid groups (broad SMARTS) is 1. The second-order valence-corrected chi connectivity index (χ2v) is 6.72. The number of ketones is 1. The number of amides is 1. The third kappa shape index (κ3) is 5.62. The largest absolute Gasteiger partial charge is 0.480 e. The van der Waals surface area contributed by atoms with Crippen LogP contribution in [0.3, 0.4) is 0 Å². The highest BCUT2D eigenvalue weighted by Gasteiger charge is 2.20. The van der Waals surface area contributed by atoms with Crippen molar-refractivity contribution >= 4 is 17.7 Å². The van der Waals surface area contributed by atoms with Gasteiger partial charge < -0.3 is 10.4 Å². The minimum atomic E-state index is -1.10. The molecule has 5 heteroatoms. The van der Waals surface area contributed by atoms with Crippen LogP contribution in [0.25, 0.3) is 0 Å². The van der Waals surface area contributed by atoms with Crippen LogP contribution in [0.4, 0.5) is 0 Å². The molecule has 0 saturated heterocycles. The van der Waals surface area contributed by atoms with E-state index >= 15 is 0 Å². The fourth-order valence-electron chi connectivity index (χ4n) is 3.01. The summed E-state index contributed by atoms with van der Waals surface area (Å²) >= 11 is 0. The molecule has 0 aromatic heterocycles. The molecular formula is C24H21NO4. The molecule has 0 aliphatic carbocycles. The molecule has 0 spiro atoms. The first-order valence-corrected chi connectivity index (χ1v) is 9.27. The lowest BCUT2D eigenvalue weighted by molar-refractivity contribution is -0.141. The molecule has 3 aromatic carbocycles. The zero-order valence-corrected chi connectivity index (χ0v) is 15.7. The summed E-state index contributed by atoms with van der Waals surface area (Å²) in [7, 11) is 0. The monoisotopic (exact) mass is 387 g/mol. The van der Waals surface area contributed by atoms with E-state index in [-0.39, 0.29) is 24.5 Å². The van der Waals surface area contributed by atoms with E-state index in [1.807, 2.05) is 36.4 Å². The van der Waals surface area contributed by atoms with E-state index in [9.17, 15) is 19.5 Å². The number of carbonyl (C=O) groups is 3. The quantitative estimate of drug-likeness (QED) is 0.581. The van der Waals surface area contributed by atoms with E-state index in [1.165, 1.54) is 0 Å². The van der Waals surface area contributed by atoms with Gasteiger partial charge in [0.1, 0.15) is 6.04 Å². The fraction of sp³-hybridized carbons (Fsp3) is 0.125. The van der Waals surface area contributed by atoms with E-state index in [1.54, 1.807) is 48.5 Å². The van der Waals surface area contributed by atoms with Gasteiger partial charge in [0.2, 0.25) is 5.91 Å². The first-order valence-electron chi connectivity index (χ1n) is 9.27. The topological polar surface area (TPSA) is 83.5 Å². The molecular weight excluding hydrogens is 366 g/mol. The van der Waals surface area contributed by atoms with Crippen LogP contribution in [0.2, 0.25) is 0 Å². The Morgan fingerprint density at radius 2 is 1.28 bits per heavy atom. The average molecular weight is 387 g/mol. The summed E-state index contributed by atoms with van der Waals surface area (Å²) in [6.07, 6.45) is 0.255. The SMILES string of the molecule is O=C(Cc1ccccc1)N[C@@H](Cc1ccc(C(=O)c2ccccc2)cc1)C(=O)O. The standard InChI is InChI=1S/C24H21NO4/c26-22(16-17-7-3-1-4-8-17)25-21(24(28)29)15-18-11-13-20(14-12-18)23(27)19-9-5-2-6-10-19/h1-14,21H,15-16H2,(H,25,26)(H,28,29)/t21-/m0/s1. The summed E-state index contributed by atoms with van der Waals surface area (Å²) < 4.78 is 0. The average Bonchev–Trinajstić information content (AvgIpc) is 2.74. The second kappa shape index (κ2) is 9.46. The molecule has 3 rings (SSSR count). The van der Waals surface area contributed by atoms with Crippen molar-refractivity contribution < 1.29 is 19.5 Å². The van der Waals surface area contributed by atoms with E-state index < -0.39 is 12.0 Å². The molecule has 146 valence electrons. The van der Waals surface area contributed by atoms with Crippen LogP contribution in [-0.2, 0) is 22.4 Å². The summed E-state index contributed by atoms with van der Waals surface area (Å²) in [5, 5.41) is 12.0. The van der Waals surface area contributed by atoms with Crippen molar-refractivity contribution in [3.05, 3.63) is 107 Å². The highest BCUT2D eigenvalue weighted by Crippen LogP contribution is 2.12. The lowest BCUT2D eigenvalue weighted by Crippen LogP contribution is -2.43. The van der Waals surface area contributed by atoms with E-state index in [4.69, 9.17) is 0 Å². The Morgan fingerprint density at radius 3 is 1.86 bits per heavy atom. The summed E-state index contributed by atoms with van der Waals surface area (Å²) in [4.78, 5) is 36.2. The number of aliphatic carboxylic acids is 1. The van der Waals surface area contributed by atoms with Crippen molar-refractivity contribution in [2.24, 2.45) is 0 Å². The molecule has 0 bridgehead atoms. The van der Waals surface area contributed by atoms with E-state index in [0.29, 0.717) is 11.1 Å². The summed E-state index contributed by atoms with van der Waals surface area (Å²) in [5.41, 5.74) is 2.66. The minimum absolute atomic E-state index is 0.0944. The fourth-order valence-corrected chi connectivity index (χ4v) is 3.01. The Balaban J connectivity index is 1.64. The number of hydrogen-bond donors (Lipinski definition) is 2. The van der Waals surface area contributed by atoms with Crippen molar-refractivity contribution in [1.29, 1.82) is 0 Å². The van der Waals surface area contributed by atoms with Gasteiger partial charge in [-0.15, -0.1) is 0 Å². The second-order valence-electron chi connectivity index (χ2n) is 6.72. The van der Waals surface area contributed by atoms with Crippen molar-refractivity contribution in [3.63, 3.8) is 0 Å². The predicted octanol–water partition coefficient (Wildman–Crippen LogP) is 3.27. The Labute approximate surface area is 169 Å². The van der Waals surface area contributed by atoms with Crippen molar-refractivity contribution in [3.8, 4) is 0 Å². The Bertz CT molecular complexity index is 982. The van der Waals surface area contributed by atoms with Gasteiger partial charge in [-0.3, -0.25) is 9.59 Å². The van der Waals surface area contributed by atoms with Crippen LogP contribution >= 0.6 is 0 Å². The lowest BCUT2D eigenvalue weighted by atomic mass is 9.99. The maximum absolute atomic E-state index is 12.5. The molecule has 0 aliphatic rings. The molecule has 0 heterocycles. The molecule has 0 saturated carbocycles. The van der Waals surface area contributed by atoms with Crippen molar-refractivity contribution in [2.45, 2.75) is 18.9 Å². The Morgan fingerprint density at radius 1 is 0.724 bits per heavy atom. The van der Waals surface area contributed by atoms with Gasteiger partial charge in [-0.1, -0.05) is 84.9 Å². The van der Waals surface area contributed by atoms with Crippen LogP contribution < -0.4 is 5.32 Å². The van der Waals surface area contributed by atoms with Gasteiger partial charge in [0.05, 0.1) is 6.42 Å². The van der Waals surface area contributed by atoms with Crippen LogP contribution in [0.5, 0.6) is 0 Å². The first kappa shape index (κ1) is 20.0. The highest BCUT2D eigenvalue weighted by molar-refractivity contribution is 6.08. The number of carbonyl (C=O) groups excluding carboxylic acids is 2. The number of hydrogen-bond acceptors (Lipinski definition) is 3. The van der Waals surface area contributed by atoms with E-state index in [2.05, 4.69) is 5.32 Å². The molecule has 2 N–H and O–H groups in total. The smallest absolute Gasteiger partial charge is 0.326 e. The lowest BCUT2D eigenvalue weighted by Gasteiger charge is -2.15. The van der Waals surface area contributed by atoms with Crippen molar-refractivity contribution in [1.82, 2.24) is 5.32 Å². The number of nitrogens with one attached hydrogen (secondary N) is 1. The van der Waals surface area contributed by atoms with Gasteiger partial charge in [-0.2, -0.15) is 0 Å². The third-order valence-corrected chi connectivity index (χ3v) is 4.53. The van der Waals surface area contributed by atoms with Crippen LogP contribution in [0.15, 0.2) is 84.9 Å². The summed E-state index contributed by atoms with van der Waals surface area (Å²) in [6.45, 7) is 0. The zero-order valence-electron chi connectivity index (χ0n) is 15.7. The number of rotatable bonds is 8. The molecule has 29 heavy (non-hydrogen) atoms. The van der Waals surface area contributed by atoms with Gasteiger partial charge in [0, 0.05) is 17.5 Å². The van der Waals surface area contributed by atoms with E-state index in [0.717, 1.165) is 11.1 Å². The van der Waals surface area contributed by atoms with Crippen LogP contribution in [0, 0.1) is 0 Å². The Kier molecular flexibility index (Phi) is 6.53. The molecule has 0 fully saturated rings. The van der Waals surface area contributed by atoms with Crippen LogP contribution in [-0.4, -0.2) is 28.8 Å². The van der Waals surface area contributed by atoms with Gasteiger partial charge in [-0.05, 0) is 11.1 Å². The van der Waals surface area contributed by atoms with Gasteiger partial charge >= 0.3 is 5.97 Å². The number of benzene rings is 3. The first-order chi connectivity index (χ1) is 14.0. The molecule has 0 unspecified atom stereocenters. The normalized spacial score (nSPS) is 11.4. The minimum Gasteiger partial charge on any atom is -0.480 e. The summed E-state index contributed by atoms with van der Waals surface area (Å²) in [5.74, 6) is -1.54. The Hall–Kier alpha value is -3.73. The van der Waals surface area contributed by atoms with Gasteiger partial charge in [0.15, 0.2) is 5.78 Å². The molecule has 1 atom stereocenters. The van der Waals surface area contributed by atoms with Crippen LogP contribution in [0.1, 0.15) is 27.0 Å². The molecule has 5 nitrogen and oxygen atoms in total. The third-order valence-electron chi connectivity index (χ3n) is 4.53. The zero-order chi connectivity index (χ0) is 20.6. The molecule has 0 aliphatic heterocycles. The molecule has 3 aromatic rings. The predicted molar refractivity (Wildman–Crippen MR) is 110 cm³/mol. The number of carboxylic acids is 1. The van der Waals surface area contributed by atoms with Gasteiger partial charge in [0.25, 0.3) is 0 Å². The maximum Gasteiger partial charge on any atom is 0.326 e. The van der Waals surface area contributed by atoms with Crippen molar-refractivity contribution in [2.75, 3.05) is 0 Å². The summed E-state index contributed by atoms with van der Waals surface area (Å²) in [6, 6.07) is 23.8.